The third-order valence-corrected chi connectivity index (χ3v) is 7.75. The molecule has 1 N–H and O–H groups in total. The number of carbonyl (C=O) groups excluding carboxylic acids is 1. The first kappa shape index (κ1) is 22.4. The number of anilines is 1. The van der Waals surface area contributed by atoms with Crippen LogP contribution in [-0.4, -0.2) is 59.9 Å². The number of halogens is 2. The molecule has 1 aliphatic heterocycles. The molecule has 0 saturated carbocycles. The smallest absolute Gasteiger partial charge is 0.286 e. The Kier molecular flexibility index (Phi) is 6.55. The molecular formula is C20H19F2N5O3S2. The third kappa shape index (κ3) is 4.99. The lowest BCUT2D eigenvalue weighted by molar-refractivity contribution is 0.102. The van der Waals surface area contributed by atoms with Crippen molar-refractivity contribution in [3.63, 3.8) is 0 Å². The zero-order valence-corrected chi connectivity index (χ0v) is 18.4. The largest absolute Gasteiger partial charge is 0.320 e. The van der Waals surface area contributed by atoms with Crippen LogP contribution in [-0.2, 0) is 16.6 Å². The summed E-state index contributed by atoms with van der Waals surface area (Å²) in [6.07, 6.45) is 0. The van der Waals surface area contributed by atoms with Gasteiger partial charge in [0.1, 0.15) is 21.5 Å². The molecule has 1 saturated heterocycles. The van der Waals surface area contributed by atoms with E-state index in [0.717, 1.165) is 17.4 Å². The fraction of sp³-hybridized carbons (Fsp3) is 0.250. The van der Waals surface area contributed by atoms with E-state index in [1.807, 2.05) is 4.90 Å². The van der Waals surface area contributed by atoms with E-state index >= 15 is 0 Å². The molecule has 8 nitrogen and oxygen atoms in total. The number of sulfonamides is 1. The fourth-order valence-corrected chi connectivity index (χ4v) is 5.50. The molecule has 1 aromatic heterocycles. The number of carbonyl (C=O) groups is 1. The van der Waals surface area contributed by atoms with Crippen LogP contribution in [0.2, 0.25) is 0 Å². The number of piperazine rings is 1. The monoisotopic (exact) mass is 479 g/mol. The van der Waals surface area contributed by atoms with Crippen LogP contribution in [0.25, 0.3) is 0 Å². The van der Waals surface area contributed by atoms with Crippen molar-refractivity contribution in [2.75, 3.05) is 31.5 Å². The second kappa shape index (κ2) is 9.36. The summed E-state index contributed by atoms with van der Waals surface area (Å²) in [6.45, 7) is 1.71. The van der Waals surface area contributed by atoms with Crippen molar-refractivity contribution in [3.05, 3.63) is 70.2 Å². The van der Waals surface area contributed by atoms with Crippen LogP contribution in [0.4, 0.5) is 14.5 Å². The van der Waals surface area contributed by atoms with E-state index in [1.54, 1.807) is 0 Å². The van der Waals surface area contributed by atoms with E-state index in [4.69, 9.17) is 0 Å². The van der Waals surface area contributed by atoms with Crippen molar-refractivity contribution < 1.29 is 22.0 Å². The van der Waals surface area contributed by atoms with E-state index in [0.29, 0.717) is 30.3 Å². The number of nitrogens with one attached hydrogen (secondary N) is 1. The standard InChI is InChI=1S/C20H19F2N5O3S2/c21-14-5-7-15(8-6-14)23-19(28)20-25-24-18(31-20)13-26-9-11-27(12-10-26)32(29,30)17-4-2-1-3-16(17)22/h1-8H,9-13H2,(H,23,28). The minimum Gasteiger partial charge on any atom is -0.320 e. The van der Waals surface area contributed by atoms with Crippen LogP contribution < -0.4 is 5.32 Å². The first-order chi connectivity index (χ1) is 15.3. The Balaban J connectivity index is 1.33. The molecule has 3 aromatic rings. The lowest BCUT2D eigenvalue weighted by Gasteiger charge is -2.33. The van der Waals surface area contributed by atoms with Crippen LogP contribution in [0.15, 0.2) is 53.4 Å². The molecule has 1 amide bonds. The molecule has 4 rings (SSSR count). The molecule has 1 aliphatic rings. The van der Waals surface area contributed by atoms with Gasteiger partial charge in [0.2, 0.25) is 15.0 Å². The van der Waals surface area contributed by atoms with Gasteiger partial charge in [0, 0.05) is 31.9 Å². The van der Waals surface area contributed by atoms with Crippen LogP contribution in [0, 0.1) is 11.6 Å². The Morgan fingerprint density at radius 1 is 1.00 bits per heavy atom. The van der Waals surface area contributed by atoms with Gasteiger partial charge in [-0.2, -0.15) is 4.31 Å². The molecule has 1 fully saturated rings. The maximum atomic E-state index is 13.9. The molecule has 168 valence electrons. The van der Waals surface area contributed by atoms with Crippen LogP contribution >= 0.6 is 11.3 Å². The Hall–Kier alpha value is -2.80. The minimum atomic E-state index is -3.90. The van der Waals surface area contributed by atoms with E-state index in [-0.39, 0.29) is 23.0 Å². The summed E-state index contributed by atoms with van der Waals surface area (Å²) in [7, 11) is -3.90. The molecular weight excluding hydrogens is 460 g/mol. The summed E-state index contributed by atoms with van der Waals surface area (Å²) >= 11 is 1.13. The molecule has 0 aliphatic carbocycles. The zero-order valence-electron chi connectivity index (χ0n) is 16.7. The van der Waals surface area contributed by atoms with Crippen molar-refractivity contribution in [1.29, 1.82) is 0 Å². The number of hydrogen-bond acceptors (Lipinski definition) is 7. The number of aromatic nitrogens is 2. The van der Waals surface area contributed by atoms with Gasteiger partial charge < -0.3 is 5.32 Å². The lowest BCUT2D eigenvalue weighted by Crippen LogP contribution is -2.48. The SMILES string of the molecule is O=C(Nc1ccc(F)cc1)c1nnc(CN2CCN(S(=O)(=O)c3ccccc3F)CC2)s1. The summed E-state index contributed by atoms with van der Waals surface area (Å²) in [5.41, 5.74) is 0.445. The molecule has 0 bridgehead atoms. The molecule has 0 radical (unpaired) electrons. The first-order valence-corrected chi connectivity index (χ1v) is 11.9. The first-order valence-electron chi connectivity index (χ1n) is 9.69. The van der Waals surface area contributed by atoms with Gasteiger partial charge in [0.15, 0.2) is 0 Å². The summed E-state index contributed by atoms with van der Waals surface area (Å²) in [5, 5.41) is 11.4. The second-order valence-electron chi connectivity index (χ2n) is 7.07. The predicted octanol–water partition coefficient (Wildman–Crippen LogP) is 2.58. The van der Waals surface area contributed by atoms with Gasteiger partial charge in [0.05, 0.1) is 6.54 Å². The average Bonchev–Trinajstić information content (AvgIpc) is 3.24. The fourth-order valence-electron chi connectivity index (χ4n) is 3.24. The lowest BCUT2D eigenvalue weighted by atomic mass is 10.3. The molecule has 2 aromatic carbocycles. The number of hydrogen-bond donors (Lipinski definition) is 1. The number of amides is 1. The summed E-state index contributed by atoms with van der Waals surface area (Å²) in [4.78, 5) is 14.0. The number of benzene rings is 2. The summed E-state index contributed by atoms with van der Waals surface area (Å²) in [6, 6.07) is 10.7. The summed E-state index contributed by atoms with van der Waals surface area (Å²) < 4.78 is 53.6. The highest BCUT2D eigenvalue weighted by Crippen LogP contribution is 2.22. The van der Waals surface area contributed by atoms with Gasteiger partial charge in [-0.25, -0.2) is 17.2 Å². The van der Waals surface area contributed by atoms with E-state index in [2.05, 4.69) is 15.5 Å². The van der Waals surface area contributed by atoms with Gasteiger partial charge in [0.25, 0.3) is 5.91 Å². The molecule has 2 heterocycles. The minimum absolute atomic E-state index is 0.171. The van der Waals surface area contributed by atoms with Crippen LogP contribution in [0.1, 0.15) is 14.8 Å². The third-order valence-electron chi connectivity index (χ3n) is 4.91. The molecule has 0 unspecified atom stereocenters. The summed E-state index contributed by atoms with van der Waals surface area (Å²) in [5.74, 6) is -1.61. The van der Waals surface area contributed by atoms with E-state index in [9.17, 15) is 22.0 Å². The van der Waals surface area contributed by atoms with Crippen molar-refractivity contribution in [1.82, 2.24) is 19.4 Å². The zero-order chi connectivity index (χ0) is 22.7. The number of rotatable bonds is 6. The van der Waals surface area contributed by atoms with Gasteiger partial charge >= 0.3 is 0 Å². The molecule has 0 spiro atoms. The quantitative estimate of drug-likeness (QED) is 0.584. The Morgan fingerprint density at radius 3 is 2.38 bits per heavy atom. The average molecular weight is 480 g/mol. The Bertz CT molecular complexity index is 1210. The Morgan fingerprint density at radius 2 is 1.69 bits per heavy atom. The van der Waals surface area contributed by atoms with Gasteiger partial charge in [-0.15, -0.1) is 10.2 Å². The van der Waals surface area contributed by atoms with Gasteiger partial charge in [-0.1, -0.05) is 23.5 Å². The molecule has 32 heavy (non-hydrogen) atoms. The van der Waals surface area contributed by atoms with Crippen molar-refractivity contribution in [3.8, 4) is 0 Å². The normalized spacial score (nSPS) is 15.6. The highest BCUT2D eigenvalue weighted by atomic mass is 32.2. The maximum Gasteiger partial charge on any atom is 0.286 e. The predicted molar refractivity (Wildman–Crippen MR) is 115 cm³/mol. The van der Waals surface area contributed by atoms with Crippen molar-refractivity contribution in [2.45, 2.75) is 11.4 Å². The van der Waals surface area contributed by atoms with Gasteiger partial charge in [-0.3, -0.25) is 9.69 Å². The van der Waals surface area contributed by atoms with Crippen molar-refractivity contribution >= 4 is 33.0 Å². The van der Waals surface area contributed by atoms with E-state index in [1.165, 1.54) is 46.8 Å². The van der Waals surface area contributed by atoms with Crippen LogP contribution in [0.5, 0.6) is 0 Å². The highest BCUT2D eigenvalue weighted by molar-refractivity contribution is 7.89. The van der Waals surface area contributed by atoms with Crippen LogP contribution in [0.3, 0.4) is 0 Å². The van der Waals surface area contributed by atoms with E-state index < -0.39 is 27.6 Å². The Labute approximate surface area is 187 Å². The topological polar surface area (TPSA) is 95.5 Å². The number of nitrogens with zero attached hydrogens (tertiary/aromatic N) is 4. The highest BCUT2D eigenvalue weighted by Gasteiger charge is 2.30. The molecule has 12 heteroatoms. The molecule has 0 atom stereocenters. The maximum absolute atomic E-state index is 13.9. The van der Waals surface area contributed by atoms with Crippen molar-refractivity contribution in [2.24, 2.45) is 0 Å². The second-order valence-corrected chi connectivity index (χ2v) is 10.0. The van der Waals surface area contributed by atoms with Gasteiger partial charge in [-0.05, 0) is 36.4 Å².